The number of benzene rings is 1. The predicted octanol–water partition coefficient (Wildman–Crippen LogP) is -0.119. The van der Waals surface area contributed by atoms with Gasteiger partial charge in [0.25, 0.3) is 0 Å². The van der Waals surface area contributed by atoms with Gasteiger partial charge in [-0.25, -0.2) is 12.8 Å². The van der Waals surface area contributed by atoms with Crippen LogP contribution in [0.3, 0.4) is 0 Å². The van der Waals surface area contributed by atoms with E-state index in [1.165, 1.54) is 22.5 Å². The number of hydrogen-bond acceptors (Lipinski definition) is 4. The zero-order valence-corrected chi connectivity index (χ0v) is 13.4. The van der Waals surface area contributed by atoms with Gasteiger partial charge in [0.1, 0.15) is 10.7 Å². The van der Waals surface area contributed by atoms with E-state index in [1.807, 2.05) is 4.90 Å². The molecule has 1 saturated heterocycles. The molecule has 0 spiro atoms. The highest BCUT2D eigenvalue weighted by atomic mass is 32.2. The fraction of sp³-hybridized carbons (Fsp3) is 0.400. The first-order chi connectivity index (χ1) is 10.9. The maximum absolute atomic E-state index is 13.7. The monoisotopic (exact) mass is 339 g/mol. The quantitative estimate of drug-likeness (QED) is 0.760. The van der Waals surface area contributed by atoms with Crippen molar-refractivity contribution in [1.29, 1.82) is 0 Å². The zero-order valence-electron chi connectivity index (χ0n) is 12.5. The first-order valence-electron chi connectivity index (χ1n) is 7.12. The molecule has 1 fully saturated rings. The van der Waals surface area contributed by atoms with Crippen molar-refractivity contribution in [1.82, 2.24) is 14.5 Å². The maximum atomic E-state index is 13.7. The minimum absolute atomic E-state index is 0.162. The third-order valence-corrected chi connectivity index (χ3v) is 5.47. The summed E-state index contributed by atoms with van der Waals surface area (Å²) < 4.78 is 39.8. The molecule has 1 aliphatic heterocycles. The smallest absolute Gasteiger partial charge is 0.246 e. The molecular formula is C15H18FN3O3S. The number of hydrogen-bond donors (Lipinski definition) is 1. The number of nitrogens with one attached hydrogen (secondary N) is 1. The molecule has 0 saturated carbocycles. The van der Waals surface area contributed by atoms with Gasteiger partial charge in [-0.05, 0) is 12.1 Å². The number of halogens is 1. The van der Waals surface area contributed by atoms with Crippen LogP contribution in [0.25, 0.3) is 0 Å². The summed E-state index contributed by atoms with van der Waals surface area (Å²) >= 11 is 0. The summed E-state index contributed by atoms with van der Waals surface area (Å²) in [5.74, 6) is 1.35. The topological polar surface area (TPSA) is 69.7 Å². The number of amides is 1. The fourth-order valence-electron chi connectivity index (χ4n) is 2.33. The summed E-state index contributed by atoms with van der Waals surface area (Å²) in [4.78, 5) is 13.1. The standard InChI is InChI=1S/C15H18FN3O3S/c1-2-7-17-15(20)12-18-8-10-19(11-9-18)23(21,22)14-6-4-3-5-13(14)16/h1,3-6H,7-12H2,(H,17,20). The Bertz CT molecular complexity index is 707. The van der Waals surface area contributed by atoms with E-state index in [0.717, 1.165) is 6.07 Å². The summed E-state index contributed by atoms with van der Waals surface area (Å²) in [6.45, 7) is 1.54. The molecule has 8 heteroatoms. The van der Waals surface area contributed by atoms with Crippen molar-refractivity contribution >= 4 is 15.9 Å². The molecule has 1 heterocycles. The van der Waals surface area contributed by atoms with E-state index in [2.05, 4.69) is 11.2 Å². The second kappa shape index (κ2) is 7.55. The van der Waals surface area contributed by atoms with Gasteiger partial charge in [0.15, 0.2) is 0 Å². The minimum atomic E-state index is -3.85. The van der Waals surface area contributed by atoms with E-state index < -0.39 is 15.8 Å². The van der Waals surface area contributed by atoms with Gasteiger partial charge in [0, 0.05) is 26.2 Å². The lowest BCUT2D eigenvalue weighted by atomic mass is 10.3. The molecule has 23 heavy (non-hydrogen) atoms. The lowest BCUT2D eigenvalue weighted by Crippen LogP contribution is -2.51. The molecule has 1 aromatic rings. The van der Waals surface area contributed by atoms with E-state index >= 15 is 0 Å². The second-order valence-electron chi connectivity index (χ2n) is 5.09. The third-order valence-electron chi connectivity index (χ3n) is 3.54. The van der Waals surface area contributed by atoms with Gasteiger partial charge in [-0.15, -0.1) is 6.42 Å². The maximum Gasteiger partial charge on any atom is 0.246 e. The van der Waals surface area contributed by atoms with Gasteiger partial charge < -0.3 is 5.32 Å². The molecule has 1 aliphatic rings. The molecule has 1 N–H and O–H groups in total. The Hall–Kier alpha value is -1.95. The number of sulfonamides is 1. The average Bonchev–Trinajstić information content (AvgIpc) is 2.53. The Labute approximate surface area is 135 Å². The Morgan fingerprint density at radius 1 is 1.26 bits per heavy atom. The molecule has 2 rings (SSSR count). The Morgan fingerprint density at radius 3 is 2.52 bits per heavy atom. The molecule has 0 radical (unpaired) electrons. The van der Waals surface area contributed by atoms with E-state index in [1.54, 1.807) is 0 Å². The summed E-state index contributed by atoms with van der Waals surface area (Å²) in [5, 5.41) is 2.56. The SMILES string of the molecule is C#CCNC(=O)CN1CCN(S(=O)(=O)c2ccccc2F)CC1. The van der Waals surface area contributed by atoms with Crippen LogP contribution < -0.4 is 5.32 Å². The normalized spacial score (nSPS) is 16.7. The fourth-order valence-corrected chi connectivity index (χ4v) is 3.82. The number of piperazine rings is 1. The summed E-state index contributed by atoms with van der Waals surface area (Å²) in [5.41, 5.74) is 0. The molecule has 0 aliphatic carbocycles. The summed E-state index contributed by atoms with van der Waals surface area (Å²) in [6.07, 6.45) is 5.06. The molecule has 124 valence electrons. The molecule has 1 aromatic carbocycles. The lowest BCUT2D eigenvalue weighted by Gasteiger charge is -2.33. The van der Waals surface area contributed by atoms with Crippen molar-refractivity contribution in [2.24, 2.45) is 0 Å². The van der Waals surface area contributed by atoms with Gasteiger partial charge in [0.05, 0.1) is 13.1 Å². The Balaban J connectivity index is 1.95. The second-order valence-corrected chi connectivity index (χ2v) is 7.00. The predicted molar refractivity (Wildman–Crippen MR) is 83.4 cm³/mol. The lowest BCUT2D eigenvalue weighted by molar-refractivity contribution is -0.122. The Morgan fingerprint density at radius 2 is 1.91 bits per heavy atom. The van der Waals surface area contributed by atoms with Crippen molar-refractivity contribution in [2.75, 3.05) is 39.3 Å². The third kappa shape index (κ3) is 4.28. The number of terminal acetylenes is 1. The van der Waals surface area contributed by atoms with Crippen LogP contribution in [0, 0.1) is 18.2 Å². The van der Waals surface area contributed by atoms with E-state index in [-0.39, 0.29) is 37.0 Å². The van der Waals surface area contributed by atoms with Crippen LogP contribution >= 0.6 is 0 Å². The van der Waals surface area contributed by atoms with Crippen LogP contribution in [0.4, 0.5) is 4.39 Å². The molecule has 0 atom stereocenters. The van der Waals surface area contributed by atoms with Crippen molar-refractivity contribution in [3.05, 3.63) is 30.1 Å². The van der Waals surface area contributed by atoms with Gasteiger partial charge in [-0.2, -0.15) is 4.31 Å². The van der Waals surface area contributed by atoms with E-state index in [4.69, 9.17) is 6.42 Å². The van der Waals surface area contributed by atoms with Gasteiger partial charge in [-0.3, -0.25) is 9.69 Å². The van der Waals surface area contributed by atoms with Crippen LogP contribution in [0.1, 0.15) is 0 Å². The van der Waals surface area contributed by atoms with Crippen molar-refractivity contribution in [2.45, 2.75) is 4.90 Å². The van der Waals surface area contributed by atoms with Crippen LogP contribution in [0.15, 0.2) is 29.2 Å². The summed E-state index contributed by atoms with van der Waals surface area (Å²) in [7, 11) is -3.85. The van der Waals surface area contributed by atoms with Crippen molar-refractivity contribution < 1.29 is 17.6 Å². The first-order valence-corrected chi connectivity index (χ1v) is 8.56. The minimum Gasteiger partial charge on any atom is -0.344 e. The van der Waals surface area contributed by atoms with Crippen LogP contribution in [0.2, 0.25) is 0 Å². The van der Waals surface area contributed by atoms with Crippen LogP contribution in [-0.2, 0) is 14.8 Å². The molecular weight excluding hydrogens is 321 g/mol. The average molecular weight is 339 g/mol. The molecule has 0 aromatic heterocycles. The Kier molecular flexibility index (Phi) is 5.71. The van der Waals surface area contributed by atoms with Gasteiger partial charge >= 0.3 is 0 Å². The molecule has 6 nitrogen and oxygen atoms in total. The number of rotatable bonds is 5. The largest absolute Gasteiger partial charge is 0.344 e. The highest BCUT2D eigenvalue weighted by molar-refractivity contribution is 7.89. The van der Waals surface area contributed by atoms with Gasteiger partial charge in [0.2, 0.25) is 15.9 Å². The van der Waals surface area contributed by atoms with Crippen LogP contribution in [-0.4, -0.2) is 62.8 Å². The zero-order chi connectivity index (χ0) is 16.9. The first kappa shape index (κ1) is 17.4. The summed E-state index contributed by atoms with van der Waals surface area (Å²) in [6, 6.07) is 5.31. The van der Waals surface area contributed by atoms with Gasteiger partial charge in [-0.1, -0.05) is 18.1 Å². The number of carbonyl (C=O) groups excluding carboxylic acids is 1. The van der Waals surface area contributed by atoms with E-state index in [9.17, 15) is 17.6 Å². The number of carbonyl (C=O) groups is 1. The molecule has 0 unspecified atom stereocenters. The van der Waals surface area contributed by atoms with Crippen molar-refractivity contribution in [3.8, 4) is 12.3 Å². The number of nitrogens with zero attached hydrogens (tertiary/aromatic N) is 2. The highest BCUT2D eigenvalue weighted by Gasteiger charge is 2.30. The van der Waals surface area contributed by atoms with E-state index in [0.29, 0.717) is 13.1 Å². The molecule has 1 amide bonds. The van der Waals surface area contributed by atoms with Crippen molar-refractivity contribution in [3.63, 3.8) is 0 Å². The molecule has 0 bridgehead atoms. The highest BCUT2D eigenvalue weighted by Crippen LogP contribution is 2.20. The van der Waals surface area contributed by atoms with Crippen LogP contribution in [0.5, 0.6) is 0 Å².